The molecule has 2 rings (SSSR count). The molecule has 3 nitrogen and oxygen atoms in total. The maximum atomic E-state index is 6.20. The number of nitrogens with zero attached hydrogens (tertiary/aromatic N) is 1. The average molecular weight is 327 g/mol. The summed E-state index contributed by atoms with van der Waals surface area (Å²) in [5.74, 6) is 1.50. The van der Waals surface area contributed by atoms with Crippen molar-refractivity contribution in [3.05, 3.63) is 57.6 Å². The van der Waals surface area contributed by atoms with Gasteiger partial charge >= 0.3 is 0 Å². The number of rotatable bonds is 5. The Morgan fingerprint density at radius 2 is 1.90 bits per heavy atom. The highest BCUT2D eigenvalue weighted by Crippen LogP contribution is 2.33. The fourth-order valence-electron chi connectivity index (χ4n) is 2.15. The number of allylic oxidation sites excluding steroid dienone is 2. The summed E-state index contributed by atoms with van der Waals surface area (Å²) in [5.41, 5.74) is 1.87. The van der Waals surface area contributed by atoms with Gasteiger partial charge in [0.05, 0.1) is 23.3 Å². The van der Waals surface area contributed by atoms with Crippen molar-refractivity contribution in [2.24, 2.45) is 0 Å². The van der Waals surface area contributed by atoms with Crippen LogP contribution in [0.25, 0.3) is 0 Å². The van der Waals surface area contributed by atoms with Crippen molar-refractivity contribution in [1.82, 2.24) is 4.98 Å². The Labute approximate surface area is 135 Å². The van der Waals surface area contributed by atoms with Gasteiger partial charge in [0.15, 0.2) is 11.5 Å². The third-order valence-corrected chi connectivity index (χ3v) is 3.73. The van der Waals surface area contributed by atoms with Crippen LogP contribution in [0.4, 0.5) is 0 Å². The molecule has 0 saturated heterocycles. The number of ether oxygens (including phenoxy) is 2. The first-order valence-electron chi connectivity index (χ1n) is 6.78. The molecule has 1 aromatic heterocycles. The van der Waals surface area contributed by atoms with Crippen LogP contribution in [0.1, 0.15) is 25.8 Å². The zero-order valence-electron chi connectivity index (χ0n) is 12.3. The van der Waals surface area contributed by atoms with Crippen LogP contribution in [0.3, 0.4) is 0 Å². The molecule has 0 spiro atoms. The van der Waals surface area contributed by atoms with Crippen LogP contribution in [0.2, 0.25) is 10.0 Å². The van der Waals surface area contributed by atoms with Gasteiger partial charge in [-0.2, -0.15) is 0 Å². The quantitative estimate of drug-likeness (QED) is 0.782. The van der Waals surface area contributed by atoms with Crippen molar-refractivity contribution in [2.45, 2.75) is 32.8 Å². The summed E-state index contributed by atoms with van der Waals surface area (Å²) >= 11 is 12.4. The second kappa shape index (κ2) is 7.19. The van der Waals surface area contributed by atoms with Gasteiger partial charge in [0, 0.05) is 18.8 Å². The third kappa shape index (κ3) is 3.92. The molecular weight excluding hydrogens is 309 g/mol. The van der Waals surface area contributed by atoms with E-state index in [1.807, 2.05) is 19.9 Å². The molecule has 1 heterocycles. The lowest BCUT2D eigenvalue weighted by Gasteiger charge is -2.23. The van der Waals surface area contributed by atoms with E-state index in [1.165, 1.54) is 0 Å². The van der Waals surface area contributed by atoms with Crippen LogP contribution >= 0.6 is 23.2 Å². The fraction of sp³-hybridized carbons (Fsp3) is 0.375. The maximum absolute atomic E-state index is 6.20. The molecule has 0 atom stereocenters. The van der Waals surface area contributed by atoms with Crippen molar-refractivity contribution in [3.8, 4) is 0 Å². The first-order chi connectivity index (χ1) is 10.0. The Bertz CT molecular complexity index is 559. The molecule has 1 aromatic rings. The largest absolute Gasteiger partial charge is 0.493 e. The third-order valence-electron chi connectivity index (χ3n) is 3.08. The normalized spacial score (nSPS) is 15.2. The molecule has 1 radical (unpaired) electrons. The summed E-state index contributed by atoms with van der Waals surface area (Å²) in [4.78, 5) is 3.98. The molecule has 21 heavy (non-hydrogen) atoms. The Kier molecular flexibility index (Phi) is 5.54. The van der Waals surface area contributed by atoms with Crippen LogP contribution in [-0.2, 0) is 15.9 Å². The van der Waals surface area contributed by atoms with E-state index in [4.69, 9.17) is 32.7 Å². The van der Waals surface area contributed by atoms with E-state index in [1.54, 1.807) is 19.5 Å². The molecule has 5 heteroatoms. The molecule has 0 aliphatic heterocycles. The lowest BCUT2D eigenvalue weighted by molar-refractivity contribution is 0.123. The molecule has 0 aromatic carbocycles. The molecule has 0 saturated carbocycles. The standard InChI is InChI=1S/C16H18Cl2NO2/c1-10(2)21-16-11(5-4-6-15(16)20-3)7-12-13(17)8-19-9-14(12)18/h5-6,8-10H,4,7H2,1-3H3. The lowest BCUT2D eigenvalue weighted by atomic mass is 9.95. The highest BCUT2D eigenvalue weighted by Gasteiger charge is 2.21. The van der Waals surface area contributed by atoms with Crippen molar-refractivity contribution >= 4 is 23.2 Å². The second-order valence-electron chi connectivity index (χ2n) is 4.99. The van der Waals surface area contributed by atoms with Gasteiger partial charge in [0.1, 0.15) is 0 Å². The van der Waals surface area contributed by atoms with Crippen molar-refractivity contribution in [2.75, 3.05) is 7.11 Å². The summed E-state index contributed by atoms with van der Waals surface area (Å²) in [7, 11) is 1.64. The summed E-state index contributed by atoms with van der Waals surface area (Å²) in [6, 6.07) is 0. The average Bonchev–Trinajstić information content (AvgIpc) is 2.44. The van der Waals surface area contributed by atoms with Crippen LogP contribution in [0, 0.1) is 6.42 Å². The Hall–Kier alpha value is -1.19. The van der Waals surface area contributed by atoms with Crippen molar-refractivity contribution in [3.63, 3.8) is 0 Å². The van der Waals surface area contributed by atoms with E-state index in [2.05, 4.69) is 11.4 Å². The van der Waals surface area contributed by atoms with E-state index in [0.717, 1.165) is 29.1 Å². The number of methoxy groups -OCH3 is 1. The van der Waals surface area contributed by atoms with Gasteiger partial charge < -0.3 is 9.47 Å². The van der Waals surface area contributed by atoms with Crippen LogP contribution < -0.4 is 0 Å². The number of pyridine rings is 1. The Balaban J connectivity index is 2.38. The second-order valence-corrected chi connectivity index (χ2v) is 5.81. The van der Waals surface area contributed by atoms with Gasteiger partial charge in [0.2, 0.25) is 0 Å². The molecule has 0 N–H and O–H groups in total. The highest BCUT2D eigenvalue weighted by atomic mass is 35.5. The molecule has 0 amide bonds. The smallest absolute Gasteiger partial charge is 0.161 e. The molecule has 0 bridgehead atoms. The first kappa shape index (κ1) is 16.2. The maximum Gasteiger partial charge on any atom is 0.161 e. The molecular formula is C16H18Cl2NO2. The topological polar surface area (TPSA) is 31.4 Å². The molecule has 0 unspecified atom stereocenters. The van der Waals surface area contributed by atoms with Gasteiger partial charge in [0.25, 0.3) is 0 Å². The Morgan fingerprint density at radius 1 is 1.24 bits per heavy atom. The van der Waals surface area contributed by atoms with Crippen LogP contribution in [0.15, 0.2) is 35.6 Å². The number of aromatic nitrogens is 1. The van der Waals surface area contributed by atoms with E-state index >= 15 is 0 Å². The molecule has 1 aliphatic rings. The van der Waals surface area contributed by atoms with E-state index < -0.39 is 0 Å². The SMILES string of the molecule is COC1=CC[CH]C(Cc2c(Cl)cncc2Cl)=C1OC(C)C. The molecule has 113 valence electrons. The van der Waals surface area contributed by atoms with Crippen molar-refractivity contribution in [1.29, 1.82) is 0 Å². The number of hydrogen-bond donors (Lipinski definition) is 0. The minimum Gasteiger partial charge on any atom is -0.493 e. The highest BCUT2D eigenvalue weighted by molar-refractivity contribution is 6.35. The monoisotopic (exact) mass is 326 g/mol. The van der Waals surface area contributed by atoms with Crippen LogP contribution in [-0.4, -0.2) is 18.2 Å². The van der Waals surface area contributed by atoms with Gasteiger partial charge in [-0.1, -0.05) is 23.2 Å². The van der Waals surface area contributed by atoms with Gasteiger partial charge in [-0.05, 0) is 43.9 Å². The molecule has 0 fully saturated rings. The predicted octanol–water partition coefficient (Wildman–Crippen LogP) is 4.75. The molecule has 1 aliphatic carbocycles. The summed E-state index contributed by atoms with van der Waals surface area (Å²) in [6.45, 7) is 3.97. The number of halogens is 2. The lowest BCUT2D eigenvalue weighted by Crippen LogP contribution is -2.13. The fourth-order valence-corrected chi connectivity index (χ4v) is 2.65. The van der Waals surface area contributed by atoms with Gasteiger partial charge in [-0.15, -0.1) is 0 Å². The summed E-state index contributed by atoms with van der Waals surface area (Å²) in [6.07, 6.45) is 8.74. The van der Waals surface area contributed by atoms with E-state index in [0.29, 0.717) is 16.5 Å². The zero-order valence-corrected chi connectivity index (χ0v) is 13.8. The van der Waals surface area contributed by atoms with E-state index in [9.17, 15) is 0 Å². The Morgan fingerprint density at radius 3 is 2.48 bits per heavy atom. The zero-order chi connectivity index (χ0) is 15.4. The van der Waals surface area contributed by atoms with Gasteiger partial charge in [-0.25, -0.2) is 0 Å². The minimum absolute atomic E-state index is 0.0587. The number of hydrogen-bond acceptors (Lipinski definition) is 3. The summed E-state index contributed by atoms with van der Waals surface area (Å²) in [5, 5.41) is 1.11. The predicted molar refractivity (Wildman–Crippen MR) is 85.2 cm³/mol. The van der Waals surface area contributed by atoms with Gasteiger partial charge in [-0.3, -0.25) is 4.98 Å². The minimum atomic E-state index is 0.0587. The van der Waals surface area contributed by atoms with E-state index in [-0.39, 0.29) is 6.10 Å². The van der Waals surface area contributed by atoms with Crippen molar-refractivity contribution < 1.29 is 9.47 Å². The van der Waals surface area contributed by atoms with Crippen LogP contribution in [0.5, 0.6) is 0 Å². The summed E-state index contributed by atoms with van der Waals surface area (Å²) < 4.78 is 11.3. The first-order valence-corrected chi connectivity index (χ1v) is 7.54.